The van der Waals surface area contributed by atoms with Gasteiger partial charge in [-0.05, 0) is 36.4 Å². The molecule has 6 rings (SSSR count). The van der Waals surface area contributed by atoms with Crippen LogP contribution in [0.2, 0.25) is 5.02 Å². The number of H-pyrrole nitrogens is 1. The van der Waals surface area contributed by atoms with E-state index in [9.17, 15) is 4.79 Å². The van der Waals surface area contributed by atoms with Crippen molar-refractivity contribution in [2.75, 3.05) is 18.0 Å². The van der Waals surface area contributed by atoms with Gasteiger partial charge in [0, 0.05) is 47.9 Å². The molecular formula is C22H21ClN8OS. The molecule has 4 aromatic heterocycles. The third kappa shape index (κ3) is 3.08. The summed E-state index contributed by atoms with van der Waals surface area (Å²) in [5, 5.41) is 1.99. The molecule has 2 fully saturated rings. The summed E-state index contributed by atoms with van der Waals surface area (Å²) in [4.78, 5) is 36.7. The van der Waals surface area contributed by atoms with E-state index in [-0.39, 0.29) is 11.8 Å². The SMILES string of the molecule is CCc1[nH]c2nc(Sc3cnc4cccnc4c3)nc(N3C[C@@H]4[C@H](C3)C4(N)C(N)=O)c2c1Cl. The van der Waals surface area contributed by atoms with Gasteiger partial charge >= 0.3 is 0 Å². The second-order valence-electron chi connectivity index (χ2n) is 8.55. The fraction of sp³-hybridized carbons (Fsp3) is 0.318. The van der Waals surface area contributed by atoms with Gasteiger partial charge < -0.3 is 21.4 Å². The van der Waals surface area contributed by atoms with Crippen molar-refractivity contribution >= 4 is 57.2 Å². The predicted octanol–water partition coefficient (Wildman–Crippen LogP) is 2.52. The Morgan fingerprint density at radius 3 is 2.82 bits per heavy atom. The lowest BCUT2D eigenvalue weighted by atomic mass is 10.1. The number of pyridine rings is 2. The lowest BCUT2D eigenvalue weighted by molar-refractivity contribution is -0.120. The Morgan fingerprint density at radius 2 is 2.09 bits per heavy atom. The number of amides is 1. The smallest absolute Gasteiger partial charge is 0.238 e. The normalized spacial score (nSPS) is 23.9. The fourth-order valence-electron chi connectivity index (χ4n) is 4.89. The molecule has 3 atom stereocenters. The maximum Gasteiger partial charge on any atom is 0.238 e. The van der Waals surface area contributed by atoms with Gasteiger partial charge in [-0.3, -0.25) is 14.8 Å². The first kappa shape index (κ1) is 20.6. The maximum atomic E-state index is 11.8. The molecule has 33 heavy (non-hydrogen) atoms. The summed E-state index contributed by atoms with van der Waals surface area (Å²) < 4.78 is 0. The largest absolute Gasteiger partial charge is 0.368 e. The van der Waals surface area contributed by atoms with Crippen molar-refractivity contribution in [3.8, 4) is 0 Å². The Kier molecular flexibility index (Phi) is 4.55. The number of aromatic amines is 1. The minimum Gasteiger partial charge on any atom is -0.368 e. The zero-order valence-corrected chi connectivity index (χ0v) is 19.3. The summed E-state index contributed by atoms with van der Waals surface area (Å²) in [6.45, 7) is 3.24. The molecule has 1 aliphatic heterocycles. The number of anilines is 1. The van der Waals surface area contributed by atoms with E-state index in [4.69, 9.17) is 33.0 Å². The molecule has 2 aliphatic rings. The third-order valence-electron chi connectivity index (χ3n) is 6.78. The number of carbonyl (C=O) groups is 1. The van der Waals surface area contributed by atoms with E-state index in [1.807, 2.05) is 25.1 Å². The molecule has 4 aromatic rings. The van der Waals surface area contributed by atoms with Crippen LogP contribution in [0.15, 0.2) is 40.6 Å². The highest BCUT2D eigenvalue weighted by Gasteiger charge is 2.70. The number of rotatable bonds is 5. The zero-order chi connectivity index (χ0) is 22.9. The zero-order valence-electron chi connectivity index (χ0n) is 17.7. The number of primary amides is 1. The van der Waals surface area contributed by atoms with Crippen molar-refractivity contribution in [2.45, 2.75) is 28.9 Å². The van der Waals surface area contributed by atoms with Crippen molar-refractivity contribution in [2.24, 2.45) is 23.3 Å². The molecule has 1 amide bonds. The van der Waals surface area contributed by atoms with Gasteiger partial charge in [0.1, 0.15) is 17.0 Å². The molecule has 9 nitrogen and oxygen atoms in total. The highest BCUT2D eigenvalue weighted by atomic mass is 35.5. The van der Waals surface area contributed by atoms with Crippen LogP contribution < -0.4 is 16.4 Å². The van der Waals surface area contributed by atoms with E-state index >= 15 is 0 Å². The predicted molar refractivity (Wildman–Crippen MR) is 127 cm³/mol. The number of aryl methyl sites for hydroxylation is 1. The topological polar surface area (TPSA) is 140 Å². The second-order valence-corrected chi connectivity index (χ2v) is 9.97. The van der Waals surface area contributed by atoms with Crippen LogP contribution >= 0.6 is 23.4 Å². The quantitative estimate of drug-likeness (QED) is 0.370. The van der Waals surface area contributed by atoms with Crippen molar-refractivity contribution in [1.29, 1.82) is 0 Å². The van der Waals surface area contributed by atoms with Crippen LogP contribution in [-0.4, -0.2) is 49.5 Å². The van der Waals surface area contributed by atoms with Gasteiger partial charge in [0.15, 0.2) is 5.16 Å². The molecule has 1 saturated carbocycles. The number of nitrogens with one attached hydrogen (secondary N) is 1. The van der Waals surface area contributed by atoms with Crippen LogP contribution in [0, 0.1) is 11.8 Å². The maximum absolute atomic E-state index is 11.8. The molecule has 1 aliphatic carbocycles. The molecule has 5 N–H and O–H groups in total. The van der Waals surface area contributed by atoms with E-state index in [1.165, 1.54) is 11.8 Å². The lowest BCUT2D eigenvalue weighted by Crippen LogP contribution is -2.47. The summed E-state index contributed by atoms with van der Waals surface area (Å²) in [5.41, 5.74) is 14.1. The highest BCUT2D eigenvalue weighted by molar-refractivity contribution is 7.99. The molecule has 11 heteroatoms. The van der Waals surface area contributed by atoms with E-state index in [2.05, 4.69) is 19.9 Å². The number of fused-ring (bicyclic) bond motifs is 3. The van der Waals surface area contributed by atoms with E-state index < -0.39 is 11.4 Å². The standard InChI is InChI=1S/C22H21ClN8OS/c1-2-13-17(23)16-18(28-13)29-21(33-10-6-15-14(27-7-10)4-3-5-26-15)30-19(16)31-8-11-12(9-31)22(11,25)20(24)32/h3-7,11-12H,2,8-9,25H2,1H3,(H2,24,32)(H,28,29,30)/t11-,12+,22?. The van der Waals surface area contributed by atoms with Gasteiger partial charge in [0.25, 0.3) is 0 Å². The van der Waals surface area contributed by atoms with E-state index in [0.717, 1.165) is 39.2 Å². The lowest BCUT2D eigenvalue weighted by Gasteiger charge is -2.24. The number of hydrogen-bond donors (Lipinski definition) is 3. The Bertz CT molecular complexity index is 1430. The van der Waals surface area contributed by atoms with Crippen molar-refractivity contribution in [3.05, 3.63) is 41.3 Å². The Labute approximate surface area is 198 Å². The van der Waals surface area contributed by atoms with Crippen LogP contribution in [0.5, 0.6) is 0 Å². The minimum atomic E-state index is -0.916. The first-order valence-corrected chi connectivity index (χ1v) is 11.9. The molecular weight excluding hydrogens is 460 g/mol. The summed E-state index contributed by atoms with van der Waals surface area (Å²) in [6, 6.07) is 5.76. The number of piperidine rings is 1. The summed E-state index contributed by atoms with van der Waals surface area (Å²) in [7, 11) is 0. The molecule has 0 radical (unpaired) electrons. The average molecular weight is 481 g/mol. The van der Waals surface area contributed by atoms with Crippen molar-refractivity contribution < 1.29 is 4.79 Å². The number of aromatic nitrogens is 5. The van der Waals surface area contributed by atoms with Crippen molar-refractivity contribution in [1.82, 2.24) is 24.9 Å². The van der Waals surface area contributed by atoms with Gasteiger partial charge in [-0.2, -0.15) is 0 Å². The monoisotopic (exact) mass is 480 g/mol. The number of carbonyl (C=O) groups excluding carboxylic acids is 1. The Balaban J connectivity index is 1.39. The molecule has 0 spiro atoms. The first-order chi connectivity index (χ1) is 15.9. The van der Waals surface area contributed by atoms with Crippen LogP contribution in [0.25, 0.3) is 22.1 Å². The van der Waals surface area contributed by atoms with Crippen molar-refractivity contribution in [3.63, 3.8) is 0 Å². The van der Waals surface area contributed by atoms with Crippen LogP contribution in [0.4, 0.5) is 5.82 Å². The third-order valence-corrected chi connectivity index (χ3v) is 8.02. The number of nitrogens with zero attached hydrogens (tertiary/aromatic N) is 5. The van der Waals surface area contributed by atoms with Gasteiger partial charge in [0.05, 0.1) is 21.4 Å². The molecule has 5 heterocycles. The molecule has 168 valence electrons. The van der Waals surface area contributed by atoms with Gasteiger partial charge in [0.2, 0.25) is 5.91 Å². The van der Waals surface area contributed by atoms with E-state index in [0.29, 0.717) is 28.9 Å². The van der Waals surface area contributed by atoms with Crippen LogP contribution in [-0.2, 0) is 11.2 Å². The fourth-order valence-corrected chi connectivity index (χ4v) is 6.00. The van der Waals surface area contributed by atoms with Gasteiger partial charge in [-0.1, -0.05) is 18.5 Å². The van der Waals surface area contributed by atoms with Gasteiger partial charge in [-0.15, -0.1) is 0 Å². The van der Waals surface area contributed by atoms with E-state index in [1.54, 1.807) is 12.4 Å². The Morgan fingerprint density at radius 1 is 1.30 bits per heavy atom. The molecule has 1 unspecified atom stereocenters. The molecule has 0 bridgehead atoms. The number of halogens is 1. The summed E-state index contributed by atoms with van der Waals surface area (Å²) in [6.07, 6.45) is 4.28. The minimum absolute atomic E-state index is 0.0234. The van der Waals surface area contributed by atoms with Gasteiger partial charge in [-0.25, -0.2) is 9.97 Å². The number of hydrogen-bond acceptors (Lipinski definition) is 8. The second kappa shape index (κ2) is 7.28. The molecule has 1 saturated heterocycles. The Hall–Kier alpha value is -2.95. The highest BCUT2D eigenvalue weighted by Crippen LogP contribution is 2.54. The van der Waals surface area contributed by atoms with Crippen LogP contribution in [0.3, 0.4) is 0 Å². The average Bonchev–Trinajstić information content (AvgIpc) is 3.12. The first-order valence-electron chi connectivity index (χ1n) is 10.7. The van der Waals surface area contributed by atoms with Crippen LogP contribution in [0.1, 0.15) is 12.6 Å². The summed E-state index contributed by atoms with van der Waals surface area (Å²) >= 11 is 8.13. The molecule has 0 aromatic carbocycles. The number of nitrogens with two attached hydrogens (primary N) is 2. The summed E-state index contributed by atoms with van der Waals surface area (Å²) in [5.74, 6) is 0.353.